The third kappa shape index (κ3) is 4.37. The van der Waals surface area contributed by atoms with E-state index in [9.17, 15) is 18.0 Å². The molecule has 0 spiro atoms. The minimum Gasteiger partial charge on any atom is -0.395 e. The number of thiophene rings is 1. The van der Waals surface area contributed by atoms with Crippen molar-refractivity contribution in [2.45, 2.75) is 6.18 Å². The minimum atomic E-state index is -4.70. The normalized spacial score (nSPS) is 13.0. The summed E-state index contributed by atoms with van der Waals surface area (Å²) in [5.74, 6) is -0.904. The average Bonchev–Trinajstić information content (AvgIpc) is 3.20. The fourth-order valence-corrected chi connectivity index (χ4v) is 3.12. The first-order chi connectivity index (χ1) is 13.3. The Hall–Kier alpha value is -3.20. The van der Waals surface area contributed by atoms with Crippen molar-refractivity contribution < 1.29 is 18.0 Å². The lowest BCUT2D eigenvalue weighted by atomic mass is 10.1. The van der Waals surface area contributed by atoms with Crippen molar-refractivity contribution in [2.24, 2.45) is 10.7 Å². The molecule has 1 aromatic carbocycles. The zero-order valence-electron chi connectivity index (χ0n) is 14.6. The first-order valence-corrected chi connectivity index (χ1v) is 8.92. The summed E-state index contributed by atoms with van der Waals surface area (Å²) < 4.78 is 37.6. The van der Waals surface area contributed by atoms with Crippen LogP contribution in [0.3, 0.4) is 0 Å². The van der Waals surface area contributed by atoms with Crippen LogP contribution in [0.5, 0.6) is 0 Å². The lowest BCUT2D eigenvalue weighted by Gasteiger charge is -2.09. The van der Waals surface area contributed by atoms with Gasteiger partial charge in [0.1, 0.15) is 11.5 Å². The van der Waals surface area contributed by atoms with Gasteiger partial charge in [0.05, 0.1) is 5.52 Å². The smallest absolute Gasteiger partial charge is 0.395 e. The van der Waals surface area contributed by atoms with Gasteiger partial charge in [0.25, 0.3) is 5.91 Å². The number of aliphatic imine (C=N–C) groups is 1. The molecule has 2 aromatic heterocycles. The van der Waals surface area contributed by atoms with Gasteiger partial charge in [0.15, 0.2) is 0 Å². The Kier molecular flexibility index (Phi) is 5.46. The number of fused-ring (bicyclic) bond motifs is 1. The lowest BCUT2D eigenvalue weighted by Crippen LogP contribution is -2.31. The van der Waals surface area contributed by atoms with E-state index in [-0.39, 0.29) is 11.4 Å². The van der Waals surface area contributed by atoms with Crippen LogP contribution in [-0.2, 0) is 0 Å². The number of aromatic nitrogens is 1. The molecule has 0 saturated heterocycles. The number of nitrogens with zero attached hydrogens (tertiary/aromatic N) is 2. The predicted octanol–water partition coefficient (Wildman–Crippen LogP) is 4.13. The molecule has 28 heavy (non-hydrogen) atoms. The third-order valence-electron chi connectivity index (χ3n) is 3.85. The van der Waals surface area contributed by atoms with Crippen LogP contribution in [-0.4, -0.2) is 30.0 Å². The van der Waals surface area contributed by atoms with Crippen LogP contribution in [0, 0.1) is 0 Å². The SMILES string of the molecule is CN=C(C=C(N)C(F)(F)F)NC(=O)c1ccc2cc(-c3cccs3)cnc2c1. The summed E-state index contributed by atoms with van der Waals surface area (Å²) in [6.07, 6.45) is -2.42. The van der Waals surface area contributed by atoms with Gasteiger partial charge in [0.2, 0.25) is 0 Å². The number of carbonyl (C=O) groups is 1. The molecule has 3 N–H and O–H groups in total. The molecule has 0 aliphatic heterocycles. The summed E-state index contributed by atoms with van der Waals surface area (Å²) in [7, 11) is 1.25. The van der Waals surface area contributed by atoms with E-state index in [1.807, 2.05) is 23.6 Å². The largest absolute Gasteiger partial charge is 0.430 e. The van der Waals surface area contributed by atoms with E-state index >= 15 is 0 Å². The van der Waals surface area contributed by atoms with Crippen molar-refractivity contribution in [1.82, 2.24) is 10.3 Å². The number of hydrogen-bond acceptors (Lipinski definition) is 5. The second-order valence-electron chi connectivity index (χ2n) is 5.77. The second kappa shape index (κ2) is 7.81. The molecule has 9 heteroatoms. The minimum absolute atomic E-state index is 0.240. The molecule has 3 aromatic rings. The summed E-state index contributed by atoms with van der Waals surface area (Å²) in [5, 5.41) is 5.13. The van der Waals surface area contributed by atoms with Gasteiger partial charge < -0.3 is 11.1 Å². The third-order valence-corrected chi connectivity index (χ3v) is 4.77. The quantitative estimate of drug-likeness (QED) is 0.509. The monoisotopic (exact) mass is 404 g/mol. The van der Waals surface area contributed by atoms with Gasteiger partial charge >= 0.3 is 6.18 Å². The number of amides is 1. The number of benzene rings is 1. The zero-order valence-corrected chi connectivity index (χ0v) is 15.4. The highest BCUT2D eigenvalue weighted by Gasteiger charge is 2.31. The summed E-state index contributed by atoms with van der Waals surface area (Å²) >= 11 is 1.60. The van der Waals surface area contributed by atoms with E-state index in [1.54, 1.807) is 35.7 Å². The van der Waals surface area contributed by atoms with Crippen molar-refractivity contribution in [3.05, 3.63) is 65.3 Å². The van der Waals surface area contributed by atoms with Gasteiger partial charge in [-0.2, -0.15) is 13.2 Å². The number of allylic oxidation sites excluding steroid dienone is 1. The van der Waals surface area contributed by atoms with Crippen molar-refractivity contribution >= 4 is 34.0 Å². The van der Waals surface area contributed by atoms with Crippen LogP contribution in [0.4, 0.5) is 13.2 Å². The molecule has 5 nitrogen and oxygen atoms in total. The van der Waals surface area contributed by atoms with E-state index in [0.29, 0.717) is 11.6 Å². The Labute approximate surface area is 162 Å². The molecule has 144 valence electrons. The molecule has 0 unspecified atom stereocenters. The highest BCUT2D eigenvalue weighted by Crippen LogP contribution is 2.27. The summed E-state index contributed by atoms with van der Waals surface area (Å²) in [5.41, 5.74) is 5.41. The van der Waals surface area contributed by atoms with Crippen LogP contribution in [0.2, 0.25) is 0 Å². The van der Waals surface area contributed by atoms with Crippen molar-refractivity contribution in [3.63, 3.8) is 0 Å². The van der Waals surface area contributed by atoms with E-state index in [4.69, 9.17) is 5.73 Å². The molecule has 0 fully saturated rings. The number of nitrogens with one attached hydrogen (secondary N) is 1. The molecular formula is C19H15F3N4OS. The fraction of sp³-hybridized carbons (Fsp3) is 0.105. The Bertz CT molecular complexity index is 1070. The van der Waals surface area contributed by atoms with Crippen molar-refractivity contribution in [1.29, 1.82) is 0 Å². The van der Waals surface area contributed by atoms with Crippen molar-refractivity contribution in [2.75, 3.05) is 7.05 Å². The van der Waals surface area contributed by atoms with Crippen LogP contribution >= 0.6 is 11.3 Å². The molecule has 0 aliphatic carbocycles. The number of amidine groups is 1. The van der Waals surface area contributed by atoms with Gasteiger partial charge in [0, 0.05) is 40.7 Å². The van der Waals surface area contributed by atoms with Gasteiger partial charge in [-0.3, -0.25) is 14.8 Å². The topological polar surface area (TPSA) is 80.4 Å². The lowest BCUT2D eigenvalue weighted by molar-refractivity contribution is -0.0925. The number of hydrogen-bond donors (Lipinski definition) is 2. The van der Waals surface area contributed by atoms with Gasteiger partial charge in [-0.25, -0.2) is 0 Å². The Morgan fingerprint density at radius 3 is 2.71 bits per heavy atom. The number of carbonyl (C=O) groups excluding carboxylic acids is 1. The molecule has 0 bridgehead atoms. The Morgan fingerprint density at radius 2 is 2.07 bits per heavy atom. The van der Waals surface area contributed by atoms with Crippen LogP contribution in [0.1, 0.15) is 10.4 Å². The Balaban J connectivity index is 1.83. The molecule has 2 heterocycles. The average molecular weight is 404 g/mol. The molecule has 1 amide bonds. The van der Waals surface area contributed by atoms with E-state index in [0.717, 1.165) is 15.8 Å². The second-order valence-corrected chi connectivity index (χ2v) is 6.72. The first-order valence-electron chi connectivity index (χ1n) is 8.04. The van der Waals surface area contributed by atoms with Crippen LogP contribution in [0.25, 0.3) is 21.3 Å². The maximum absolute atomic E-state index is 12.5. The van der Waals surface area contributed by atoms with E-state index in [1.165, 1.54) is 7.05 Å². The number of alkyl halides is 3. The highest BCUT2D eigenvalue weighted by molar-refractivity contribution is 7.13. The predicted molar refractivity (Wildman–Crippen MR) is 104 cm³/mol. The molecular weight excluding hydrogens is 389 g/mol. The summed E-state index contributed by atoms with van der Waals surface area (Å²) in [4.78, 5) is 21.5. The highest BCUT2D eigenvalue weighted by atomic mass is 32.1. The Morgan fingerprint density at radius 1 is 1.29 bits per heavy atom. The summed E-state index contributed by atoms with van der Waals surface area (Å²) in [6.45, 7) is 0. The van der Waals surface area contributed by atoms with Gasteiger partial charge in [-0.15, -0.1) is 11.3 Å². The molecule has 3 rings (SSSR count). The molecule has 0 saturated carbocycles. The van der Waals surface area contributed by atoms with Gasteiger partial charge in [-0.1, -0.05) is 12.1 Å². The van der Waals surface area contributed by atoms with Crippen molar-refractivity contribution in [3.8, 4) is 10.4 Å². The molecule has 0 atom stereocenters. The van der Waals surface area contributed by atoms with Gasteiger partial charge in [-0.05, 0) is 29.6 Å². The fourth-order valence-electron chi connectivity index (χ4n) is 2.41. The number of halogens is 3. The number of rotatable bonds is 3. The van der Waals surface area contributed by atoms with E-state index < -0.39 is 17.8 Å². The number of pyridine rings is 1. The maximum Gasteiger partial charge on any atom is 0.430 e. The number of nitrogens with two attached hydrogens (primary N) is 1. The van der Waals surface area contributed by atoms with Crippen LogP contribution in [0.15, 0.2) is 64.7 Å². The molecule has 0 aliphatic rings. The van der Waals surface area contributed by atoms with E-state index in [2.05, 4.69) is 15.3 Å². The standard InChI is InChI=1S/C19H15F3N4OS/c1-24-17(9-16(23)19(20,21)22)26-18(27)12-5-4-11-7-13(10-25-14(11)8-12)15-3-2-6-28-15/h2-10H,23H2,1H3,(H,24,26,27). The molecule has 0 radical (unpaired) electrons. The maximum atomic E-state index is 12.5. The first kappa shape index (κ1) is 19.6. The van der Waals surface area contributed by atoms with Crippen LogP contribution < -0.4 is 11.1 Å². The summed E-state index contributed by atoms with van der Waals surface area (Å²) in [6, 6.07) is 10.8. The zero-order chi connectivity index (χ0) is 20.3.